The van der Waals surface area contributed by atoms with Gasteiger partial charge in [-0.3, -0.25) is 0 Å². The average molecular weight is 1120 g/mol. The highest BCUT2D eigenvalue weighted by Gasteiger charge is 2.52. The third-order valence-electron chi connectivity index (χ3n) is 18.3. The van der Waals surface area contributed by atoms with Crippen molar-refractivity contribution < 1.29 is 25.5 Å². The molecular formula is C80H54N2O5. The van der Waals surface area contributed by atoms with Crippen LogP contribution in [0.15, 0.2) is 297 Å². The van der Waals surface area contributed by atoms with Crippen LogP contribution in [0.25, 0.3) is 55.6 Å². The topological polar surface area (TPSA) is 108 Å². The first-order chi connectivity index (χ1) is 42.7. The summed E-state index contributed by atoms with van der Waals surface area (Å²) in [6.07, 6.45) is 0. The van der Waals surface area contributed by atoms with Gasteiger partial charge in [0.05, 0.1) is 16.4 Å². The Morgan fingerprint density at radius 3 is 0.920 bits per heavy atom. The molecule has 0 amide bonds. The average Bonchev–Trinajstić information content (AvgIpc) is 1.56. The predicted molar refractivity (Wildman–Crippen MR) is 349 cm³/mol. The lowest BCUT2D eigenvalue weighted by Gasteiger charge is -2.35. The number of phenols is 5. The van der Waals surface area contributed by atoms with Gasteiger partial charge in [0.15, 0.2) is 11.5 Å². The summed E-state index contributed by atoms with van der Waals surface area (Å²) in [5.74, 6) is -4.40. The minimum absolute atomic E-state index is 0.215. The normalized spacial score (nSPS) is 13.2. The van der Waals surface area contributed by atoms with Crippen molar-refractivity contribution in [2.75, 3.05) is 9.80 Å². The summed E-state index contributed by atoms with van der Waals surface area (Å²) in [7, 11) is 0. The summed E-state index contributed by atoms with van der Waals surface area (Å²) in [5.41, 5.74) is 22.3. The molecule has 5 N–H and O–H groups in total. The Bertz CT molecular complexity index is 4690. The van der Waals surface area contributed by atoms with Gasteiger partial charge in [-0.15, -0.1) is 0 Å². The van der Waals surface area contributed by atoms with Gasteiger partial charge in [-0.1, -0.05) is 218 Å². The molecule has 0 aromatic heterocycles. The molecule has 0 fully saturated rings. The van der Waals surface area contributed by atoms with Crippen molar-refractivity contribution in [3.63, 3.8) is 0 Å². The van der Waals surface area contributed by atoms with Gasteiger partial charge in [-0.05, 0) is 173 Å². The van der Waals surface area contributed by atoms with E-state index in [9.17, 15) is 25.5 Å². The maximum absolute atomic E-state index is 11.4. The van der Waals surface area contributed by atoms with Crippen molar-refractivity contribution in [2.45, 2.75) is 10.8 Å². The lowest BCUT2D eigenvalue weighted by molar-refractivity contribution is 0.330. The molecule has 0 aliphatic heterocycles. The number of fused-ring (bicyclic) bond motifs is 13. The first kappa shape index (κ1) is 51.1. The molecule has 13 aromatic rings. The molecule has 0 atom stereocenters. The molecule has 13 aromatic carbocycles. The van der Waals surface area contributed by atoms with Gasteiger partial charge in [0, 0.05) is 34.1 Å². The van der Waals surface area contributed by atoms with Crippen LogP contribution >= 0.6 is 0 Å². The maximum atomic E-state index is 11.4. The summed E-state index contributed by atoms with van der Waals surface area (Å²) in [6, 6.07) is 105. The van der Waals surface area contributed by atoms with E-state index in [-0.39, 0.29) is 5.56 Å². The molecule has 1 spiro atoms. The van der Waals surface area contributed by atoms with Crippen LogP contribution in [-0.2, 0) is 10.8 Å². The smallest absolute Gasteiger partial charge is 0.208 e. The van der Waals surface area contributed by atoms with Crippen molar-refractivity contribution in [3.05, 3.63) is 342 Å². The second-order valence-corrected chi connectivity index (χ2v) is 22.6. The summed E-state index contributed by atoms with van der Waals surface area (Å²) in [6.45, 7) is 0. The Morgan fingerprint density at radius 1 is 0.207 bits per heavy atom. The van der Waals surface area contributed by atoms with Gasteiger partial charge in [0.2, 0.25) is 17.2 Å². The molecule has 0 saturated carbocycles. The number of nitrogens with zero attached hydrogens (tertiary/aromatic N) is 2. The lowest BCUT2D eigenvalue weighted by atomic mass is 9.67. The van der Waals surface area contributed by atoms with Gasteiger partial charge in [0.1, 0.15) is 0 Å². The molecule has 87 heavy (non-hydrogen) atoms. The number of rotatable bonds is 10. The van der Waals surface area contributed by atoms with E-state index in [4.69, 9.17) is 0 Å². The number of hydrogen-bond donors (Lipinski definition) is 5. The molecule has 0 bridgehead atoms. The molecule has 0 heterocycles. The molecule has 0 radical (unpaired) electrons. The Labute approximate surface area is 503 Å². The van der Waals surface area contributed by atoms with Crippen LogP contribution < -0.4 is 9.80 Å². The van der Waals surface area contributed by atoms with Crippen LogP contribution in [0.4, 0.5) is 34.1 Å². The number of aromatic hydroxyl groups is 5. The number of benzene rings is 13. The van der Waals surface area contributed by atoms with Gasteiger partial charge in [-0.2, -0.15) is 0 Å². The minimum Gasteiger partial charge on any atom is -0.504 e. The fourth-order valence-electron chi connectivity index (χ4n) is 14.6. The molecule has 414 valence electrons. The third kappa shape index (κ3) is 7.49. The number of phenolic OH excluding ortho intramolecular Hbond substituents is 5. The van der Waals surface area contributed by atoms with E-state index >= 15 is 0 Å². The Hall–Kier alpha value is -11.5. The molecular weight excluding hydrogens is 1070 g/mol. The van der Waals surface area contributed by atoms with Gasteiger partial charge >= 0.3 is 0 Å². The highest BCUT2D eigenvalue weighted by atomic mass is 16.4. The predicted octanol–water partition coefficient (Wildman–Crippen LogP) is 19.2. The standard InChI is InChI=1S/C80H54N2O5/c83-74-73(75(84)77(86)78(87)76(74)85)52-37-44-64-66-46-43-59(48-71(66)79(70(64)47-52,53-19-5-1-6-20-53)54-21-7-2-8-22-54)82(58-40-35-51(36-41-58)50-33-38-57(39-34-50)81(55-23-9-3-10-24-55)56-25-11-4-12-26-56)60-42-45-65-63-29-15-18-32-69(63)80(72(65)49-60)67-30-16-13-27-61(67)62-28-14-17-31-68(62)80/h1-49,83-87H. The van der Waals surface area contributed by atoms with Gasteiger partial charge < -0.3 is 35.3 Å². The Balaban J connectivity index is 0.903. The summed E-state index contributed by atoms with van der Waals surface area (Å²) in [4.78, 5) is 4.65. The fraction of sp³-hybridized carbons (Fsp3) is 0.0250. The number of anilines is 6. The van der Waals surface area contributed by atoms with Gasteiger partial charge in [-0.25, -0.2) is 0 Å². The van der Waals surface area contributed by atoms with Crippen LogP contribution in [0.5, 0.6) is 28.7 Å². The largest absolute Gasteiger partial charge is 0.504 e. The zero-order chi connectivity index (χ0) is 58.5. The Morgan fingerprint density at radius 2 is 0.494 bits per heavy atom. The molecule has 3 aliphatic rings. The monoisotopic (exact) mass is 1120 g/mol. The number of para-hydroxylation sites is 2. The zero-order valence-corrected chi connectivity index (χ0v) is 46.9. The van der Waals surface area contributed by atoms with E-state index in [2.05, 4.69) is 240 Å². The first-order valence-electron chi connectivity index (χ1n) is 29.2. The van der Waals surface area contributed by atoms with Crippen molar-refractivity contribution in [3.8, 4) is 84.4 Å². The summed E-state index contributed by atoms with van der Waals surface area (Å²) < 4.78 is 0. The molecule has 7 heteroatoms. The molecule has 0 unspecified atom stereocenters. The lowest BCUT2D eigenvalue weighted by Crippen LogP contribution is -2.29. The highest BCUT2D eigenvalue weighted by Crippen LogP contribution is 2.65. The van der Waals surface area contributed by atoms with E-state index in [1.54, 1.807) is 6.07 Å². The SMILES string of the molecule is Oc1c(O)c(O)c(-c2ccc3c(c2)C(c2ccccc2)(c2ccccc2)c2cc(N(c4ccc(-c5ccc(N(c6ccccc6)c6ccccc6)cc5)cc4)c4ccc5c(c4)C4(c6ccccc6-c6ccccc64)c4ccccc4-5)ccc2-3)c(O)c1O. The van der Waals surface area contributed by atoms with Crippen LogP contribution in [0.2, 0.25) is 0 Å². The maximum Gasteiger partial charge on any atom is 0.208 e. The van der Waals surface area contributed by atoms with Crippen LogP contribution in [0, 0.1) is 0 Å². The highest BCUT2D eigenvalue weighted by molar-refractivity contribution is 5.98. The van der Waals surface area contributed by atoms with Crippen LogP contribution in [0.1, 0.15) is 44.5 Å². The van der Waals surface area contributed by atoms with Crippen molar-refractivity contribution >= 4 is 34.1 Å². The summed E-state index contributed by atoms with van der Waals surface area (Å²) >= 11 is 0. The second kappa shape index (κ2) is 19.8. The Kier molecular flexibility index (Phi) is 11.6. The second-order valence-electron chi connectivity index (χ2n) is 22.6. The minimum atomic E-state index is -1.01. The third-order valence-corrected chi connectivity index (χ3v) is 18.3. The fourth-order valence-corrected chi connectivity index (χ4v) is 14.6. The van der Waals surface area contributed by atoms with E-state index in [0.29, 0.717) is 5.56 Å². The molecule has 3 aliphatic carbocycles. The van der Waals surface area contributed by atoms with E-state index in [1.807, 2.05) is 60.7 Å². The van der Waals surface area contributed by atoms with Crippen molar-refractivity contribution in [2.24, 2.45) is 0 Å². The molecule has 16 rings (SSSR count). The first-order valence-corrected chi connectivity index (χ1v) is 29.2. The van der Waals surface area contributed by atoms with Crippen LogP contribution in [0.3, 0.4) is 0 Å². The molecule has 7 nitrogen and oxygen atoms in total. The van der Waals surface area contributed by atoms with Crippen LogP contribution in [-0.4, -0.2) is 25.5 Å². The van der Waals surface area contributed by atoms with Gasteiger partial charge in [0.25, 0.3) is 0 Å². The molecule has 0 saturated heterocycles. The number of hydrogen-bond acceptors (Lipinski definition) is 7. The van der Waals surface area contributed by atoms with E-state index < -0.39 is 39.6 Å². The summed E-state index contributed by atoms with van der Waals surface area (Å²) in [5, 5.41) is 55.0. The quantitative estimate of drug-likeness (QED) is 0.0686. The van der Waals surface area contributed by atoms with Crippen molar-refractivity contribution in [1.82, 2.24) is 0 Å². The van der Waals surface area contributed by atoms with Crippen molar-refractivity contribution in [1.29, 1.82) is 0 Å². The van der Waals surface area contributed by atoms with E-state index in [1.165, 1.54) is 44.5 Å². The zero-order valence-electron chi connectivity index (χ0n) is 46.9. The van der Waals surface area contributed by atoms with E-state index in [0.717, 1.165) is 78.6 Å².